The van der Waals surface area contributed by atoms with Gasteiger partial charge >= 0.3 is 0 Å². The molecule has 0 unspecified atom stereocenters. The maximum atomic E-state index is 9.45. The summed E-state index contributed by atoms with van der Waals surface area (Å²) in [6.07, 6.45) is 1.91. The van der Waals surface area contributed by atoms with E-state index in [-0.39, 0.29) is 0 Å². The van der Waals surface area contributed by atoms with Crippen molar-refractivity contribution < 1.29 is 4.74 Å². The Morgan fingerprint density at radius 3 is 2.39 bits per heavy atom. The topological polar surface area (TPSA) is 33.0 Å². The fourth-order valence-corrected chi connectivity index (χ4v) is 2.70. The molecule has 0 N–H and O–H groups in total. The highest BCUT2D eigenvalue weighted by atomic mass is 79.9. The van der Waals surface area contributed by atoms with Crippen LogP contribution in [0.2, 0.25) is 0 Å². The Morgan fingerprint density at radius 1 is 1.00 bits per heavy atom. The standard InChI is InChI=1S/C20H14BrNO/c1-23-20-9-6-16-10-14(2-3-17(16)12-20)11-18(13-22)15-4-7-19(21)8-5-15/h2-12H,1H3/b18-11+. The molecule has 0 saturated heterocycles. The predicted octanol–water partition coefficient (Wildman–Crippen LogP) is 5.68. The van der Waals surface area contributed by atoms with Crippen LogP contribution in [-0.2, 0) is 0 Å². The van der Waals surface area contributed by atoms with E-state index < -0.39 is 0 Å². The van der Waals surface area contributed by atoms with Crippen LogP contribution in [0.15, 0.2) is 65.1 Å². The molecule has 0 heterocycles. The molecule has 23 heavy (non-hydrogen) atoms. The molecule has 2 nitrogen and oxygen atoms in total. The summed E-state index contributed by atoms with van der Waals surface area (Å²) in [7, 11) is 1.66. The number of methoxy groups -OCH3 is 1. The number of fused-ring (bicyclic) bond motifs is 1. The zero-order valence-corrected chi connectivity index (χ0v) is 14.2. The molecule has 0 aliphatic rings. The fraction of sp³-hybridized carbons (Fsp3) is 0.0500. The second-order valence-electron chi connectivity index (χ2n) is 5.15. The van der Waals surface area contributed by atoms with Gasteiger partial charge in [0.1, 0.15) is 5.75 Å². The highest BCUT2D eigenvalue weighted by molar-refractivity contribution is 9.10. The number of hydrogen-bond donors (Lipinski definition) is 0. The van der Waals surface area contributed by atoms with E-state index in [1.807, 2.05) is 60.7 Å². The van der Waals surface area contributed by atoms with Crippen molar-refractivity contribution in [2.75, 3.05) is 7.11 Å². The molecular weight excluding hydrogens is 350 g/mol. The number of rotatable bonds is 3. The molecule has 3 aromatic carbocycles. The van der Waals surface area contributed by atoms with Crippen molar-refractivity contribution in [2.24, 2.45) is 0 Å². The lowest BCUT2D eigenvalue weighted by Gasteiger charge is -2.04. The Bertz CT molecular complexity index is 921. The maximum absolute atomic E-state index is 9.45. The van der Waals surface area contributed by atoms with Gasteiger partial charge in [0.05, 0.1) is 18.8 Å². The average Bonchev–Trinajstić information content (AvgIpc) is 2.60. The van der Waals surface area contributed by atoms with E-state index in [0.717, 1.165) is 32.1 Å². The van der Waals surface area contributed by atoms with Gasteiger partial charge in [-0.25, -0.2) is 0 Å². The van der Waals surface area contributed by atoms with Crippen LogP contribution in [0.25, 0.3) is 22.4 Å². The first-order valence-corrected chi connectivity index (χ1v) is 7.94. The lowest BCUT2D eigenvalue weighted by molar-refractivity contribution is 0.415. The summed E-state index contributed by atoms with van der Waals surface area (Å²) >= 11 is 3.41. The lowest BCUT2D eigenvalue weighted by Crippen LogP contribution is -1.84. The molecule has 0 aliphatic carbocycles. The number of nitriles is 1. The molecule has 112 valence electrons. The van der Waals surface area contributed by atoms with Crippen molar-refractivity contribution in [3.8, 4) is 11.8 Å². The number of halogens is 1. The summed E-state index contributed by atoms with van der Waals surface area (Å²) in [5.74, 6) is 0.841. The van der Waals surface area contributed by atoms with Crippen molar-refractivity contribution >= 4 is 38.4 Å². The van der Waals surface area contributed by atoms with Gasteiger partial charge in [-0.3, -0.25) is 0 Å². The van der Waals surface area contributed by atoms with E-state index in [9.17, 15) is 5.26 Å². The minimum atomic E-state index is 0.644. The second kappa shape index (κ2) is 6.68. The van der Waals surface area contributed by atoms with E-state index in [2.05, 4.69) is 28.1 Å². The Labute approximate surface area is 143 Å². The first kappa shape index (κ1) is 15.3. The van der Waals surface area contributed by atoms with Crippen LogP contribution in [0.1, 0.15) is 11.1 Å². The van der Waals surface area contributed by atoms with Crippen molar-refractivity contribution in [3.63, 3.8) is 0 Å². The number of benzene rings is 3. The van der Waals surface area contributed by atoms with Crippen molar-refractivity contribution in [1.29, 1.82) is 5.26 Å². The minimum Gasteiger partial charge on any atom is -0.497 e. The van der Waals surface area contributed by atoms with Gasteiger partial charge in [-0.1, -0.05) is 46.3 Å². The summed E-state index contributed by atoms with van der Waals surface area (Å²) in [6, 6.07) is 22.1. The Balaban J connectivity index is 2.01. The third kappa shape index (κ3) is 3.44. The zero-order chi connectivity index (χ0) is 16.2. The van der Waals surface area contributed by atoms with E-state index in [0.29, 0.717) is 5.57 Å². The van der Waals surface area contributed by atoms with Gasteiger partial charge in [0.2, 0.25) is 0 Å². The molecule has 0 radical (unpaired) electrons. The first-order valence-electron chi connectivity index (χ1n) is 7.15. The van der Waals surface area contributed by atoms with E-state index in [1.54, 1.807) is 7.11 Å². The van der Waals surface area contributed by atoms with Crippen molar-refractivity contribution in [2.45, 2.75) is 0 Å². The number of allylic oxidation sites excluding steroid dienone is 1. The molecule has 3 aromatic rings. The van der Waals surface area contributed by atoms with Gasteiger partial charge in [-0.15, -0.1) is 0 Å². The SMILES string of the molecule is COc1ccc2cc(/C=C(\C#N)c3ccc(Br)cc3)ccc2c1. The Hall–Kier alpha value is -2.57. The van der Waals surface area contributed by atoms with E-state index >= 15 is 0 Å². The third-order valence-electron chi connectivity index (χ3n) is 3.66. The van der Waals surface area contributed by atoms with Crippen LogP contribution in [0.5, 0.6) is 5.75 Å². The molecule has 3 heteroatoms. The highest BCUT2D eigenvalue weighted by Crippen LogP contribution is 2.25. The van der Waals surface area contributed by atoms with E-state index in [1.165, 1.54) is 0 Å². The predicted molar refractivity (Wildman–Crippen MR) is 98.1 cm³/mol. The normalized spacial score (nSPS) is 11.3. The molecule has 0 atom stereocenters. The third-order valence-corrected chi connectivity index (χ3v) is 4.19. The minimum absolute atomic E-state index is 0.644. The second-order valence-corrected chi connectivity index (χ2v) is 6.06. The van der Waals surface area contributed by atoms with Gasteiger partial charge in [-0.05, 0) is 58.3 Å². The molecule has 0 aliphatic heterocycles. The van der Waals surface area contributed by atoms with Crippen LogP contribution in [0.3, 0.4) is 0 Å². The summed E-state index contributed by atoms with van der Waals surface area (Å²) < 4.78 is 6.24. The Morgan fingerprint density at radius 2 is 1.70 bits per heavy atom. The first-order chi connectivity index (χ1) is 11.2. The Kier molecular flexibility index (Phi) is 4.45. The molecule has 0 saturated carbocycles. The molecule has 0 bridgehead atoms. The van der Waals surface area contributed by atoms with Gasteiger partial charge in [-0.2, -0.15) is 5.26 Å². The average molecular weight is 364 g/mol. The van der Waals surface area contributed by atoms with Crippen LogP contribution in [-0.4, -0.2) is 7.11 Å². The zero-order valence-electron chi connectivity index (χ0n) is 12.6. The lowest BCUT2D eigenvalue weighted by atomic mass is 10.0. The highest BCUT2D eigenvalue weighted by Gasteiger charge is 2.02. The van der Waals surface area contributed by atoms with Crippen LogP contribution >= 0.6 is 15.9 Å². The largest absolute Gasteiger partial charge is 0.497 e. The van der Waals surface area contributed by atoms with Crippen molar-refractivity contribution in [3.05, 3.63) is 76.3 Å². The van der Waals surface area contributed by atoms with Crippen molar-refractivity contribution in [1.82, 2.24) is 0 Å². The summed E-state index contributed by atoms with van der Waals surface area (Å²) in [5.41, 5.74) is 2.55. The maximum Gasteiger partial charge on any atom is 0.119 e. The summed E-state index contributed by atoms with van der Waals surface area (Å²) in [6.45, 7) is 0. The number of hydrogen-bond acceptors (Lipinski definition) is 2. The number of ether oxygens (including phenoxy) is 1. The molecule has 3 rings (SSSR count). The smallest absolute Gasteiger partial charge is 0.119 e. The monoisotopic (exact) mass is 363 g/mol. The van der Waals surface area contributed by atoms with Gasteiger partial charge in [0.25, 0.3) is 0 Å². The summed E-state index contributed by atoms with van der Waals surface area (Å²) in [5, 5.41) is 11.7. The van der Waals surface area contributed by atoms with E-state index in [4.69, 9.17) is 4.74 Å². The van der Waals surface area contributed by atoms with Crippen LogP contribution in [0, 0.1) is 11.3 Å². The van der Waals surface area contributed by atoms with Crippen LogP contribution < -0.4 is 4.74 Å². The van der Waals surface area contributed by atoms with Crippen LogP contribution in [0.4, 0.5) is 0 Å². The quantitative estimate of drug-likeness (QED) is 0.443. The molecular formula is C20H14BrNO. The van der Waals surface area contributed by atoms with Gasteiger partial charge in [0, 0.05) is 4.47 Å². The molecule has 0 fully saturated rings. The van der Waals surface area contributed by atoms with Gasteiger partial charge in [0.15, 0.2) is 0 Å². The van der Waals surface area contributed by atoms with Gasteiger partial charge < -0.3 is 4.74 Å². The number of nitrogens with zero attached hydrogens (tertiary/aromatic N) is 1. The summed E-state index contributed by atoms with van der Waals surface area (Å²) in [4.78, 5) is 0. The fourth-order valence-electron chi connectivity index (χ4n) is 2.44. The molecule has 0 spiro atoms. The molecule has 0 aromatic heterocycles. The molecule has 0 amide bonds.